The first-order chi connectivity index (χ1) is 16.8. The highest BCUT2D eigenvalue weighted by atomic mass is 79.9. The predicted molar refractivity (Wildman–Crippen MR) is 140 cm³/mol. The van der Waals surface area contributed by atoms with Crippen LogP contribution in [-0.4, -0.2) is 38.9 Å². The van der Waals surface area contributed by atoms with E-state index in [1.165, 1.54) is 18.2 Å². The molecule has 0 aliphatic heterocycles. The summed E-state index contributed by atoms with van der Waals surface area (Å²) in [5, 5.41) is 15.5. The van der Waals surface area contributed by atoms with Crippen molar-refractivity contribution >= 4 is 45.0 Å². The van der Waals surface area contributed by atoms with Gasteiger partial charge in [-0.25, -0.2) is 4.98 Å². The molecule has 4 rings (SSSR count). The van der Waals surface area contributed by atoms with Gasteiger partial charge in [-0.3, -0.25) is 9.59 Å². The maximum Gasteiger partial charge on any atom is 0.251 e. The summed E-state index contributed by atoms with van der Waals surface area (Å²) in [7, 11) is 0. The number of carbonyl (C=O) groups excluding carboxylic acids is 2. The lowest BCUT2D eigenvalue weighted by Gasteiger charge is -2.20. The van der Waals surface area contributed by atoms with Gasteiger partial charge in [0.25, 0.3) is 5.91 Å². The SMILES string of the molecule is CCC(=O)NC[C@H](Cc1ccc(-c2cn3cccc(Br)c3n2)cc1)NC(=O)c1ccc(O)c(Cl)c1. The van der Waals surface area contributed by atoms with Crippen molar-refractivity contribution < 1.29 is 14.7 Å². The molecule has 0 saturated carbocycles. The lowest BCUT2D eigenvalue weighted by molar-refractivity contribution is -0.120. The second kappa shape index (κ2) is 10.9. The highest BCUT2D eigenvalue weighted by Crippen LogP contribution is 2.25. The molecule has 2 amide bonds. The van der Waals surface area contributed by atoms with Crippen LogP contribution in [0.5, 0.6) is 5.75 Å². The summed E-state index contributed by atoms with van der Waals surface area (Å²) in [6, 6.07) is 15.8. The third-order valence-corrected chi connectivity index (χ3v) is 6.50. The van der Waals surface area contributed by atoms with Crippen molar-refractivity contribution in [3.05, 3.63) is 87.6 Å². The van der Waals surface area contributed by atoms with E-state index in [1.807, 2.05) is 53.2 Å². The number of pyridine rings is 1. The molecule has 35 heavy (non-hydrogen) atoms. The summed E-state index contributed by atoms with van der Waals surface area (Å²) in [6.07, 6.45) is 4.79. The Kier molecular flexibility index (Phi) is 7.73. The van der Waals surface area contributed by atoms with Crippen LogP contribution in [0.3, 0.4) is 0 Å². The zero-order valence-corrected chi connectivity index (χ0v) is 21.3. The van der Waals surface area contributed by atoms with Crippen molar-refractivity contribution in [1.82, 2.24) is 20.0 Å². The number of phenols is 1. The Morgan fingerprint density at radius 1 is 1.17 bits per heavy atom. The van der Waals surface area contributed by atoms with E-state index < -0.39 is 0 Å². The molecule has 2 aromatic heterocycles. The van der Waals surface area contributed by atoms with Crippen molar-refractivity contribution in [2.75, 3.05) is 6.54 Å². The van der Waals surface area contributed by atoms with Crippen LogP contribution in [0, 0.1) is 0 Å². The molecule has 0 spiro atoms. The maximum absolute atomic E-state index is 12.8. The monoisotopic (exact) mass is 554 g/mol. The van der Waals surface area contributed by atoms with E-state index in [1.54, 1.807) is 6.92 Å². The fraction of sp³-hybridized carbons (Fsp3) is 0.192. The number of fused-ring (bicyclic) bond motifs is 1. The third kappa shape index (κ3) is 6.01. The Balaban J connectivity index is 1.50. The van der Waals surface area contributed by atoms with Crippen molar-refractivity contribution in [3.8, 4) is 17.0 Å². The van der Waals surface area contributed by atoms with Crippen LogP contribution in [-0.2, 0) is 11.2 Å². The minimum Gasteiger partial charge on any atom is -0.506 e. The summed E-state index contributed by atoms with van der Waals surface area (Å²) < 4.78 is 2.88. The normalized spacial score (nSPS) is 11.9. The average Bonchev–Trinajstić information content (AvgIpc) is 3.30. The van der Waals surface area contributed by atoms with Crippen LogP contribution in [0.2, 0.25) is 5.02 Å². The first-order valence-corrected chi connectivity index (χ1v) is 12.3. The van der Waals surface area contributed by atoms with Gasteiger partial charge in [-0.15, -0.1) is 0 Å². The van der Waals surface area contributed by atoms with Gasteiger partial charge in [0.2, 0.25) is 5.91 Å². The largest absolute Gasteiger partial charge is 0.506 e. The van der Waals surface area contributed by atoms with Gasteiger partial charge in [-0.05, 0) is 58.2 Å². The topological polar surface area (TPSA) is 95.7 Å². The summed E-state index contributed by atoms with van der Waals surface area (Å²) >= 11 is 9.48. The van der Waals surface area contributed by atoms with Crippen molar-refractivity contribution in [2.45, 2.75) is 25.8 Å². The smallest absolute Gasteiger partial charge is 0.251 e. The first-order valence-electron chi connectivity index (χ1n) is 11.1. The van der Waals surface area contributed by atoms with Gasteiger partial charge >= 0.3 is 0 Å². The number of phenolic OH excluding ortho intramolecular Hbond substituents is 1. The quantitative estimate of drug-likeness (QED) is 0.285. The highest BCUT2D eigenvalue weighted by molar-refractivity contribution is 9.10. The van der Waals surface area contributed by atoms with Gasteiger partial charge in [-0.2, -0.15) is 0 Å². The number of hydrogen-bond donors (Lipinski definition) is 3. The zero-order chi connectivity index (χ0) is 24.9. The maximum atomic E-state index is 12.8. The van der Waals surface area contributed by atoms with E-state index in [9.17, 15) is 14.7 Å². The fourth-order valence-electron chi connectivity index (χ4n) is 3.67. The van der Waals surface area contributed by atoms with E-state index in [0.717, 1.165) is 26.9 Å². The molecule has 7 nitrogen and oxygen atoms in total. The van der Waals surface area contributed by atoms with Crippen molar-refractivity contribution in [3.63, 3.8) is 0 Å². The van der Waals surface area contributed by atoms with Crippen LogP contribution < -0.4 is 10.6 Å². The molecule has 0 fully saturated rings. The van der Waals surface area contributed by atoms with Crippen molar-refractivity contribution in [1.29, 1.82) is 0 Å². The molecule has 3 N–H and O–H groups in total. The molecule has 0 aliphatic carbocycles. The molecular weight excluding hydrogens is 532 g/mol. The number of imidazole rings is 1. The second-order valence-electron chi connectivity index (χ2n) is 8.11. The Morgan fingerprint density at radius 3 is 2.63 bits per heavy atom. The lowest BCUT2D eigenvalue weighted by Crippen LogP contribution is -2.44. The van der Waals surface area contributed by atoms with Gasteiger partial charge in [0.05, 0.1) is 21.2 Å². The summed E-state index contributed by atoms with van der Waals surface area (Å²) in [6.45, 7) is 2.06. The molecule has 0 aliphatic rings. The Labute approximate surface area is 216 Å². The number of halogens is 2. The number of rotatable bonds is 8. The van der Waals surface area contributed by atoms with Gasteiger partial charge < -0.3 is 20.1 Å². The Bertz CT molecular complexity index is 1370. The minimum atomic E-state index is -0.345. The van der Waals surface area contributed by atoms with Gasteiger partial charge in [0.15, 0.2) is 5.65 Å². The van der Waals surface area contributed by atoms with Crippen LogP contribution in [0.15, 0.2) is 71.5 Å². The molecule has 2 heterocycles. The number of amides is 2. The molecule has 1 atom stereocenters. The molecule has 0 saturated heterocycles. The number of nitrogens with zero attached hydrogens (tertiary/aromatic N) is 2. The van der Waals surface area contributed by atoms with E-state index in [0.29, 0.717) is 18.4 Å². The number of nitrogens with one attached hydrogen (secondary N) is 2. The standard InChI is InChI=1S/C26H24BrClN4O3/c1-2-24(34)29-14-19(30-26(35)18-9-10-23(33)21(28)13-18)12-16-5-7-17(8-6-16)22-15-32-11-3-4-20(27)25(32)31-22/h3-11,13,15,19,33H,2,12,14H2,1H3,(H,29,34)(H,30,35)/t19-/m0/s1. The number of aromatic hydroxyl groups is 1. The number of hydrogen-bond acceptors (Lipinski definition) is 4. The highest BCUT2D eigenvalue weighted by Gasteiger charge is 2.17. The number of benzene rings is 2. The lowest BCUT2D eigenvalue weighted by atomic mass is 10.0. The molecule has 0 bridgehead atoms. The second-order valence-corrected chi connectivity index (χ2v) is 9.37. The zero-order valence-electron chi connectivity index (χ0n) is 19.0. The van der Waals surface area contributed by atoms with E-state index in [2.05, 4.69) is 26.6 Å². The van der Waals surface area contributed by atoms with Crippen LogP contribution in [0.25, 0.3) is 16.9 Å². The summed E-state index contributed by atoms with van der Waals surface area (Å²) in [5.41, 5.74) is 4.00. The van der Waals surface area contributed by atoms with E-state index in [4.69, 9.17) is 16.6 Å². The fourth-order valence-corrected chi connectivity index (χ4v) is 4.29. The number of carbonyl (C=O) groups is 2. The molecule has 4 aromatic rings. The molecule has 0 radical (unpaired) electrons. The first kappa shape index (κ1) is 24.8. The molecule has 9 heteroatoms. The van der Waals surface area contributed by atoms with Gasteiger partial charge in [0.1, 0.15) is 5.75 Å². The summed E-state index contributed by atoms with van der Waals surface area (Å²) in [5.74, 6) is -0.520. The van der Waals surface area contributed by atoms with E-state index in [-0.39, 0.29) is 35.2 Å². The number of aromatic nitrogens is 2. The third-order valence-electron chi connectivity index (χ3n) is 5.58. The molecular formula is C26H24BrClN4O3. The summed E-state index contributed by atoms with van der Waals surface area (Å²) in [4.78, 5) is 29.3. The average molecular weight is 556 g/mol. The molecule has 0 unspecified atom stereocenters. The van der Waals surface area contributed by atoms with Crippen LogP contribution in [0.4, 0.5) is 0 Å². The van der Waals surface area contributed by atoms with Crippen molar-refractivity contribution in [2.24, 2.45) is 0 Å². The van der Waals surface area contributed by atoms with Gasteiger partial charge in [-0.1, -0.05) is 42.8 Å². The molecule has 180 valence electrons. The minimum absolute atomic E-state index is 0.0898. The Morgan fingerprint density at radius 2 is 1.94 bits per heavy atom. The van der Waals surface area contributed by atoms with Gasteiger partial charge in [0, 0.05) is 36.5 Å². The Hall–Kier alpha value is -3.36. The van der Waals surface area contributed by atoms with E-state index >= 15 is 0 Å². The predicted octanol–water partition coefficient (Wildman–Crippen LogP) is 4.99. The van der Waals surface area contributed by atoms with Crippen LogP contribution >= 0.6 is 27.5 Å². The molecule has 2 aromatic carbocycles. The van der Waals surface area contributed by atoms with Crippen LogP contribution in [0.1, 0.15) is 29.3 Å².